The van der Waals surface area contributed by atoms with Crippen molar-refractivity contribution in [3.8, 4) is 5.75 Å². The number of anilines is 1. The van der Waals surface area contributed by atoms with Gasteiger partial charge in [-0.2, -0.15) is 0 Å². The molecule has 0 atom stereocenters. The second kappa shape index (κ2) is 7.26. The zero-order valence-electron chi connectivity index (χ0n) is 12.9. The lowest BCUT2D eigenvalue weighted by molar-refractivity contribution is 0.0691. The Hall–Kier alpha value is -1.82. The molecule has 0 aliphatic heterocycles. The molecule has 1 aromatic rings. The number of carboxylic acid groups (broad SMARTS) is 1. The van der Waals surface area contributed by atoms with E-state index >= 15 is 0 Å². The van der Waals surface area contributed by atoms with Gasteiger partial charge in [0, 0.05) is 18.6 Å². The molecule has 3 N–H and O–H groups in total. The van der Waals surface area contributed by atoms with E-state index in [1.165, 1.54) is 6.07 Å². The van der Waals surface area contributed by atoms with Crippen LogP contribution in [0, 0.1) is 5.82 Å². The lowest BCUT2D eigenvalue weighted by atomic mass is 10.1. The van der Waals surface area contributed by atoms with Gasteiger partial charge in [0.1, 0.15) is 23.7 Å². The van der Waals surface area contributed by atoms with Crippen molar-refractivity contribution in [3.05, 3.63) is 23.5 Å². The molecule has 1 rings (SSSR count). The molecule has 0 heterocycles. The van der Waals surface area contributed by atoms with Crippen molar-refractivity contribution in [1.29, 1.82) is 0 Å². The van der Waals surface area contributed by atoms with Gasteiger partial charge in [0.25, 0.3) is 0 Å². The summed E-state index contributed by atoms with van der Waals surface area (Å²) in [4.78, 5) is 13.4. The van der Waals surface area contributed by atoms with Gasteiger partial charge in [-0.05, 0) is 39.8 Å². The van der Waals surface area contributed by atoms with Crippen molar-refractivity contribution < 1.29 is 19.0 Å². The molecule has 0 amide bonds. The first kappa shape index (κ1) is 17.2. The zero-order chi connectivity index (χ0) is 16.2. The van der Waals surface area contributed by atoms with Crippen LogP contribution in [0.5, 0.6) is 5.75 Å². The largest absolute Gasteiger partial charge is 0.491 e. The molecule has 0 saturated heterocycles. The molecular weight excluding hydrogens is 275 g/mol. The summed E-state index contributed by atoms with van der Waals surface area (Å²) in [5.74, 6) is -1.97. The molecule has 118 valence electrons. The number of nitrogens with two attached hydrogens (primary N) is 1. The van der Waals surface area contributed by atoms with Gasteiger partial charge in [0.2, 0.25) is 0 Å². The summed E-state index contributed by atoms with van der Waals surface area (Å²) in [6, 6.07) is 3.11. The molecule has 0 radical (unpaired) electrons. The molecule has 0 fully saturated rings. The number of halogens is 1. The maximum atomic E-state index is 13.3. The number of nitrogens with zero attached hydrogens (tertiary/aromatic N) is 1. The number of carbonyl (C=O) groups is 1. The third-order valence-corrected chi connectivity index (χ3v) is 3.30. The van der Waals surface area contributed by atoms with E-state index in [9.17, 15) is 9.18 Å². The fraction of sp³-hybridized carbons (Fsp3) is 0.533. The van der Waals surface area contributed by atoms with Gasteiger partial charge in [-0.25, -0.2) is 9.18 Å². The molecule has 6 heteroatoms. The fourth-order valence-electron chi connectivity index (χ4n) is 2.29. The van der Waals surface area contributed by atoms with Crippen molar-refractivity contribution in [2.24, 2.45) is 0 Å². The van der Waals surface area contributed by atoms with Gasteiger partial charge >= 0.3 is 5.97 Å². The Morgan fingerprint density at radius 1 is 1.33 bits per heavy atom. The van der Waals surface area contributed by atoms with E-state index in [0.29, 0.717) is 25.2 Å². The Bertz CT molecular complexity index is 496. The summed E-state index contributed by atoms with van der Waals surface area (Å²) in [5, 5.41) is 9.12. The van der Waals surface area contributed by atoms with Crippen LogP contribution in [0.3, 0.4) is 0 Å². The second-order valence-corrected chi connectivity index (χ2v) is 5.41. The number of benzene rings is 1. The minimum Gasteiger partial charge on any atom is -0.491 e. The summed E-state index contributed by atoms with van der Waals surface area (Å²) in [6.45, 7) is 9.28. The van der Waals surface area contributed by atoms with Gasteiger partial charge in [0.15, 0.2) is 0 Å². The molecule has 5 nitrogen and oxygen atoms in total. The summed E-state index contributed by atoms with van der Waals surface area (Å²) in [6.07, 6.45) is 0. The maximum Gasteiger partial charge on any atom is 0.341 e. The average molecular weight is 298 g/mol. The van der Waals surface area contributed by atoms with Crippen LogP contribution in [0.4, 0.5) is 10.1 Å². The number of hydrogen-bond donors (Lipinski definition) is 2. The minimum absolute atomic E-state index is 0.0915. The minimum atomic E-state index is -1.30. The normalized spacial score (nSPS) is 11.4. The predicted molar refractivity (Wildman–Crippen MR) is 80.2 cm³/mol. The number of ether oxygens (including phenoxy) is 1. The first-order valence-corrected chi connectivity index (χ1v) is 6.95. The molecule has 0 spiro atoms. The van der Waals surface area contributed by atoms with Crippen molar-refractivity contribution in [2.75, 3.05) is 18.9 Å². The first-order chi connectivity index (χ1) is 9.75. The molecule has 0 aliphatic rings. The first-order valence-electron chi connectivity index (χ1n) is 6.95. The van der Waals surface area contributed by atoms with E-state index in [-0.39, 0.29) is 11.3 Å². The Morgan fingerprint density at radius 3 is 2.38 bits per heavy atom. The van der Waals surface area contributed by atoms with Crippen LogP contribution in [0.2, 0.25) is 0 Å². The molecule has 1 aromatic carbocycles. The SMILES string of the molecule is CC(C)N(CCOc1ccc(F)c(N)c1C(=O)O)C(C)C. The number of hydrogen-bond acceptors (Lipinski definition) is 4. The van der Waals surface area contributed by atoms with E-state index < -0.39 is 17.5 Å². The second-order valence-electron chi connectivity index (χ2n) is 5.41. The van der Waals surface area contributed by atoms with Crippen LogP contribution in [-0.4, -0.2) is 41.2 Å². The van der Waals surface area contributed by atoms with Crippen LogP contribution in [-0.2, 0) is 0 Å². The van der Waals surface area contributed by atoms with Gasteiger partial charge < -0.3 is 15.6 Å². The highest BCUT2D eigenvalue weighted by Gasteiger charge is 2.19. The topological polar surface area (TPSA) is 75.8 Å². The van der Waals surface area contributed by atoms with E-state index in [4.69, 9.17) is 15.6 Å². The number of rotatable bonds is 7. The molecule has 0 bridgehead atoms. The van der Waals surface area contributed by atoms with E-state index in [0.717, 1.165) is 6.07 Å². The lowest BCUT2D eigenvalue weighted by Crippen LogP contribution is -2.39. The maximum absolute atomic E-state index is 13.3. The fourth-order valence-corrected chi connectivity index (χ4v) is 2.29. The van der Waals surface area contributed by atoms with Gasteiger partial charge in [-0.15, -0.1) is 0 Å². The van der Waals surface area contributed by atoms with Crippen LogP contribution < -0.4 is 10.5 Å². The standard InChI is InChI=1S/C15H23FN2O3/c1-9(2)18(10(3)4)7-8-21-12-6-5-11(16)14(17)13(12)15(19)20/h5-6,9-10H,7-8,17H2,1-4H3,(H,19,20). The van der Waals surface area contributed by atoms with Crippen molar-refractivity contribution >= 4 is 11.7 Å². The van der Waals surface area contributed by atoms with Crippen LogP contribution in [0.25, 0.3) is 0 Å². The molecule has 21 heavy (non-hydrogen) atoms. The number of carboxylic acids is 1. The summed E-state index contributed by atoms with van der Waals surface area (Å²) in [5.41, 5.74) is 4.74. The molecule has 0 unspecified atom stereocenters. The van der Waals surface area contributed by atoms with E-state index in [2.05, 4.69) is 32.6 Å². The van der Waals surface area contributed by atoms with Gasteiger partial charge in [-0.1, -0.05) is 0 Å². The predicted octanol–water partition coefficient (Wildman–Crippen LogP) is 2.60. The van der Waals surface area contributed by atoms with Crippen molar-refractivity contribution in [3.63, 3.8) is 0 Å². The summed E-state index contributed by atoms with van der Waals surface area (Å²) in [7, 11) is 0. The number of aromatic carboxylic acids is 1. The molecule has 0 saturated carbocycles. The van der Waals surface area contributed by atoms with Crippen LogP contribution >= 0.6 is 0 Å². The Morgan fingerprint density at radius 2 is 1.90 bits per heavy atom. The Labute approximate surface area is 124 Å². The Balaban J connectivity index is 2.81. The van der Waals surface area contributed by atoms with Gasteiger partial charge in [-0.3, -0.25) is 4.90 Å². The Kier molecular flexibility index (Phi) is 5.96. The third-order valence-electron chi connectivity index (χ3n) is 3.30. The van der Waals surface area contributed by atoms with Crippen LogP contribution in [0.15, 0.2) is 12.1 Å². The highest BCUT2D eigenvalue weighted by atomic mass is 19.1. The quantitative estimate of drug-likeness (QED) is 0.757. The highest BCUT2D eigenvalue weighted by Crippen LogP contribution is 2.27. The number of nitrogen functional groups attached to an aromatic ring is 1. The molecule has 0 aliphatic carbocycles. The van der Waals surface area contributed by atoms with E-state index in [1.807, 2.05) is 0 Å². The third kappa shape index (κ3) is 4.32. The smallest absolute Gasteiger partial charge is 0.341 e. The summed E-state index contributed by atoms with van der Waals surface area (Å²) < 4.78 is 18.8. The monoisotopic (exact) mass is 298 g/mol. The summed E-state index contributed by atoms with van der Waals surface area (Å²) >= 11 is 0. The zero-order valence-corrected chi connectivity index (χ0v) is 12.9. The van der Waals surface area contributed by atoms with Gasteiger partial charge in [0.05, 0.1) is 5.69 Å². The van der Waals surface area contributed by atoms with Crippen molar-refractivity contribution in [2.45, 2.75) is 39.8 Å². The van der Waals surface area contributed by atoms with E-state index in [1.54, 1.807) is 0 Å². The van der Waals surface area contributed by atoms with Crippen LogP contribution in [0.1, 0.15) is 38.1 Å². The highest BCUT2D eigenvalue weighted by molar-refractivity contribution is 5.96. The lowest BCUT2D eigenvalue weighted by Gasteiger charge is -2.30. The molecular formula is C15H23FN2O3. The molecule has 0 aromatic heterocycles. The van der Waals surface area contributed by atoms with Crippen molar-refractivity contribution in [1.82, 2.24) is 4.90 Å². The average Bonchev–Trinajstić information content (AvgIpc) is 2.37.